The molecule has 1 fully saturated rings. The predicted molar refractivity (Wildman–Crippen MR) is 56.9 cm³/mol. The molecule has 3 unspecified atom stereocenters. The molecular formula is C10H21N3O. The summed E-state index contributed by atoms with van der Waals surface area (Å²) in [6, 6.07) is 0.894. The SMILES string of the molecule is CC(N)C(C)NC1CCNC(=O)CC1. The van der Waals surface area contributed by atoms with E-state index in [1.165, 1.54) is 0 Å². The highest BCUT2D eigenvalue weighted by Gasteiger charge is 2.18. The fourth-order valence-corrected chi connectivity index (χ4v) is 1.61. The van der Waals surface area contributed by atoms with Gasteiger partial charge in [0.25, 0.3) is 0 Å². The lowest BCUT2D eigenvalue weighted by Crippen LogP contribution is -2.46. The number of nitrogens with two attached hydrogens (primary N) is 1. The van der Waals surface area contributed by atoms with Crippen LogP contribution in [0, 0.1) is 0 Å². The predicted octanol–water partition coefficient (Wildman–Crippen LogP) is -0.0196. The Morgan fingerprint density at radius 3 is 2.86 bits per heavy atom. The van der Waals surface area contributed by atoms with E-state index in [1.807, 2.05) is 6.92 Å². The molecule has 1 aliphatic heterocycles. The van der Waals surface area contributed by atoms with Crippen molar-refractivity contribution >= 4 is 5.91 Å². The van der Waals surface area contributed by atoms with Gasteiger partial charge in [0.15, 0.2) is 0 Å². The van der Waals surface area contributed by atoms with Gasteiger partial charge >= 0.3 is 0 Å². The standard InChI is InChI=1S/C10H21N3O/c1-7(11)8(2)13-9-3-4-10(14)12-6-5-9/h7-9,13H,3-6,11H2,1-2H3,(H,12,14). The van der Waals surface area contributed by atoms with Gasteiger partial charge in [-0.15, -0.1) is 0 Å². The smallest absolute Gasteiger partial charge is 0.220 e. The summed E-state index contributed by atoms with van der Waals surface area (Å²) in [6.45, 7) is 4.87. The summed E-state index contributed by atoms with van der Waals surface area (Å²) in [5.41, 5.74) is 5.77. The number of amides is 1. The number of hydrogen-bond acceptors (Lipinski definition) is 3. The van der Waals surface area contributed by atoms with E-state index >= 15 is 0 Å². The second-order valence-corrected chi connectivity index (χ2v) is 4.19. The van der Waals surface area contributed by atoms with E-state index in [9.17, 15) is 4.79 Å². The zero-order chi connectivity index (χ0) is 10.6. The zero-order valence-corrected chi connectivity index (χ0v) is 9.05. The van der Waals surface area contributed by atoms with Crippen LogP contribution >= 0.6 is 0 Å². The van der Waals surface area contributed by atoms with Crippen molar-refractivity contribution in [3.63, 3.8) is 0 Å². The molecule has 1 rings (SSSR count). The Morgan fingerprint density at radius 2 is 2.21 bits per heavy atom. The largest absolute Gasteiger partial charge is 0.356 e. The highest BCUT2D eigenvalue weighted by Crippen LogP contribution is 2.07. The quantitative estimate of drug-likeness (QED) is 0.598. The van der Waals surface area contributed by atoms with Crippen LogP contribution in [0.1, 0.15) is 33.1 Å². The van der Waals surface area contributed by atoms with Gasteiger partial charge in [0.2, 0.25) is 5.91 Å². The van der Waals surface area contributed by atoms with E-state index < -0.39 is 0 Å². The summed E-state index contributed by atoms with van der Waals surface area (Å²) in [4.78, 5) is 11.1. The topological polar surface area (TPSA) is 67.2 Å². The second kappa shape index (κ2) is 5.32. The van der Waals surface area contributed by atoms with Crippen LogP contribution in [0.3, 0.4) is 0 Å². The molecule has 4 N–H and O–H groups in total. The number of nitrogens with one attached hydrogen (secondary N) is 2. The lowest BCUT2D eigenvalue weighted by Gasteiger charge is -2.24. The third-order valence-corrected chi connectivity index (χ3v) is 2.82. The molecule has 0 aliphatic carbocycles. The van der Waals surface area contributed by atoms with Crippen LogP contribution in [0.2, 0.25) is 0 Å². The summed E-state index contributed by atoms with van der Waals surface area (Å²) in [6.07, 6.45) is 2.55. The highest BCUT2D eigenvalue weighted by atomic mass is 16.1. The Balaban J connectivity index is 2.33. The van der Waals surface area contributed by atoms with Gasteiger partial charge in [-0.05, 0) is 26.7 Å². The van der Waals surface area contributed by atoms with Crippen molar-refractivity contribution in [3.8, 4) is 0 Å². The molecule has 4 nitrogen and oxygen atoms in total. The number of carbonyl (C=O) groups excluding carboxylic acids is 1. The Labute approximate surface area is 85.6 Å². The summed E-state index contributed by atoms with van der Waals surface area (Å²) in [5, 5.41) is 6.33. The van der Waals surface area contributed by atoms with Crippen molar-refractivity contribution < 1.29 is 4.79 Å². The van der Waals surface area contributed by atoms with Crippen molar-refractivity contribution in [3.05, 3.63) is 0 Å². The maximum absolute atomic E-state index is 11.1. The second-order valence-electron chi connectivity index (χ2n) is 4.19. The fourth-order valence-electron chi connectivity index (χ4n) is 1.61. The Kier molecular flexibility index (Phi) is 4.35. The Morgan fingerprint density at radius 1 is 1.50 bits per heavy atom. The van der Waals surface area contributed by atoms with E-state index in [2.05, 4.69) is 17.6 Å². The van der Waals surface area contributed by atoms with Gasteiger partial charge in [0, 0.05) is 31.1 Å². The molecule has 82 valence electrons. The molecule has 0 spiro atoms. The van der Waals surface area contributed by atoms with Crippen molar-refractivity contribution in [1.82, 2.24) is 10.6 Å². The number of rotatable bonds is 3. The monoisotopic (exact) mass is 199 g/mol. The molecule has 3 atom stereocenters. The van der Waals surface area contributed by atoms with Crippen LogP contribution in [-0.4, -0.2) is 30.6 Å². The van der Waals surface area contributed by atoms with E-state index in [1.54, 1.807) is 0 Å². The number of hydrogen-bond donors (Lipinski definition) is 3. The average molecular weight is 199 g/mol. The first kappa shape index (κ1) is 11.5. The van der Waals surface area contributed by atoms with E-state index in [0.717, 1.165) is 19.4 Å². The third kappa shape index (κ3) is 3.64. The van der Waals surface area contributed by atoms with Gasteiger partial charge in [-0.3, -0.25) is 4.79 Å². The molecule has 14 heavy (non-hydrogen) atoms. The fraction of sp³-hybridized carbons (Fsp3) is 0.900. The van der Waals surface area contributed by atoms with E-state index in [4.69, 9.17) is 5.73 Å². The van der Waals surface area contributed by atoms with Gasteiger partial charge in [-0.25, -0.2) is 0 Å². The van der Waals surface area contributed by atoms with Crippen LogP contribution in [-0.2, 0) is 4.79 Å². The average Bonchev–Trinajstić information content (AvgIpc) is 2.31. The molecule has 0 bridgehead atoms. The molecule has 0 saturated carbocycles. The van der Waals surface area contributed by atoms with Gasteiger partial charge in [0.05, 0.1) is 0 Å². The molecule has 1 saturated heterocycles. The summed E-state index contributed by atoms with van der Waals surface area (Å²) in [5.74, 6) is 0.169. The summed E-state index contributed by atoms with van der Waals surface area (Å²) >= 11 is 0. The minimum absolute atomic E-state index is 0.155. The zero-order valence-electron chi connectivity index (χ0n) is 9.05. The minimum atomic E-state index is 0.155. The molecule has 1 heterocycles. The highest BCUT2D eigenvalue weighted by molar-refractivity contribution is 5.76. The summed E-state index contributed by atoms with van der Waals surface area (Å²) in [7, 11) is 0. The first-order chi connectivity index (χ1) is 6.59. The van der Waals surface area contributed by atoms with Gasteiger partial charge in [-0.2, -0.15) is 0 Å². The molecule has 1 amide bonds. The first-order valence-electron chi connectivity index (χ1n) is 5.38. The molecule has 0 radical (unpaired) electrons. The number of carbonyl (C=O) groups is 1. The molecule has 0 aromatic carbocycles. The lowest BCUT2D eigenvalue weighted by atomic mass is 10.1. The Hall–Kier alpha value is -0.610. The first-order valence-corrected chi connectivity index (χ1v) is 5.38. The van der Waals surface area contributed by atoms with Crippen molar-refractivity contribution in [1.29, 1.82) is 0 Å². The van der Waals surface area contributed by atoms with Crippen LogP contribution in [0.5, 0.6) is 0 Å². The van der Waals surface area contributed by atoms with Crippen LogP contribution in [0.4, 0.5) is 0 Å². The summed E-state index contributed by atoms with van der Waals surface area (Å²) < 4.78 is 0. The lowest BCUT2D eigenvalue weighted by molar-refractivity contribution is -0.120. The van der Waals surface area contributed by atoms with Crippen molar-refractivity contribution in [2.75, 3.05) is 6.54 Å². The maximum Gasteiger partial charge on any atom is 0.220 e. The molecule has 0 aromatic rings. The normalized spacial score (nSPS) is 27.6. The van der Waals surface area contributed by atoms with E-state index in [0.29, 0.717) is 18.5 Å². The van der Waals surface area contributed by atoms with Crippen LogP contribution < -0.4 is 16.4 Å². The van der Waals surface area contributed by atoms with E-state index in [-0.39, 0.29) is 11.9 Å². The van der Waals surface area contributed by atoms with Crippen molar-refractivity contribution in [2.24, 2.45) is 5.73 Å². The molecule has 4 heteroatoms. The maximum atomic E-state index is 11.1. The minimum Gasteiger partial charge on any atom is -0.356 e. The van der Waals surface area contributed by atoms with Gasteiger partial charge in [0.1, 0.15) is 0 Å². The molecular weight excluding hydrogens is 178 g/mol. The van der Waals surface area contributed by atoms with Gasteiger partial charge in [-0.1, -0.05) is 0 Å². The van der Waals surface area contributed by atoms with Gasteiger partial charge < -0.3 is 16.4 Å². The Bertz CT molecular complexity index is 194. The van der Waals surface area contributed by atoms with Crippen LogP contribution in [0.25, 0.3) is 0 Å². The molecule has 0 aromatic heterocycles. The third-order valence-electron chi connectivity index (χ3n) is 2.82. The molecule has 1 aliphatic rings. The van der Waals surface area contributed by atoms with Crippen molar-refractivity contribution in [2.45, 2.75) is 51.2 Å². The van der Waals surface area contributed by atoms with Crippen LogP contribution in [0.15, 0.2) is 0 Å².